The summed E-state index contributed by atoms with van der Waals surface area (Å²) in [6.07, 6.45) is 4.75. The van der Waals surface area contributed by atoms with Crippen LogP contribution in [0.4, 0.5) is 13.2 Å². The van der Waals surface area contributed by atoms with E-state index in [0.717, 1.165) is 25.0 Å². The fraction of sp³-hybridized carbons (Fsp3) is 0.438. The van der Waals surface area contributed by atoms with Crippen molar-refractivity contribution in [3.05, 3.63) is 42.2 Å². The molecule has 1 aromatic carbocycles. The number of hydrogen-bond acceptors (Lipinski definition) is 2. The van der Waals surface area contributed by atoms with Crippen LogP contribution in [0.5, 0.6) is 11.5 Å². The number of aromatic nitrogens is 2. The molecule has 0 atom stereocenters. The van der Waals surface area contributed by atoms with Crippen LogP contribution in [-0.4, -0.2) is 9.78 Å². The maximum absolute atomic E-state index is 12.7. The molecule has 118 valence electrons. The topological polar surface area (TPSA) is 27.1 Å². The average molecular weight is 310 g/mol. The first-order valence-corrected chi connectivity index (χ1v) is 7.42. The smallest absolute Gasteiger partial charge is 0.416 e. The second-order valence-corrected chi connectivity index (χ2v) is 5.58. The molecule has 0 radical (unpaired) electrons. The number of ether oxygens (including phenoxy) is 1. The molecule has 0 unspecified atom stereocenters. The van der Waals surface area contributed by atoms with Gasteiger partial charge in [0, 0.05) is 0 Å². The Kier molecular flexibility index (Phi) is 4.09. The van der Waals surface area contributed by atoms with Gasteiger partial charge >= 0.3 is 6.18 Å². The standard InChI is InChI=1S/C16H17F3N2O/c17-16(18,19)12-5-4-8-14(9-12)22-15-10-20-21(11-15)13-6-2-1-3-7-13/h4-5,8-11,13H,1-3,6-7H2. The van der Waals surface area contributed by atoms with Crippen LogP contribution in [-0.2, 0) is 6.18 Å². The van der Waals surface area contributed by atoms with Crippen LogP contribution in [0.25, 0.3) is 0 Å². The van der Waals surface area contributed by atoms with E-state index in [1.165, 1.54) is 31.4 Å². The summed E-state index contributed by atoms with van der Waals surface area (Å²) in [4.78, 5) is 0. The van der Waals surface area contributed by atoms with Crippen molar-refractivity contribution in [1.29, 1.82) is 0 Å². The molecular formula is C16H17F3N2O. The fourth-order valence-electron chi connectivity index (χ4n) is 2.79. The number of alkyl halides is 3. The van der Waals surface area contributed by atoms with Crippen LogP contribution in [0, 0.1) is 0 Å². The monoisotopic (exact) mass is 310 g/mol. The molecule has 0 spiro atoms. The van der Waals surface area contributed by atoms with Crippen LogP contribution >= 0.6 is 0 Å². The number of rotatable bonds is 3. The Morgan fingerprint density at radius 2 is 1.86 bits per heavy atom. The molecule has 1 fully saturated rings. The zero-order chi connectivity index (χ0) is 15.6. The first kappa shape index (κ1) is 14.9. The molecule has 1 heterocycles. The molecule has 0 N–H and O–H groups in total. The molecule has 1 saturated carbocycles. The second kappa shape index (κ2) is 6.02. The zero-order valence-corrected chi connectivity index (χ0v) is 12.0. The van der Waals surface area contributed by atoms with E-state index in [0.29, 0.717) is 11.8 Å². The normalized spacial score (nSPS) is 16.7. The van der Waals surface area contributed by atoms with Gasteiger partial charge in [0.1, 0.15) is 5.75 Å². The minimum atomic E-state index is -4.37. The number of nitrogens with zero attached hydrogens (tertiary/aromatic N) is 2. The summed E-state index contributed by atoms with van der Waals surface area (Å²) in [5, 5.41) is 4.28. The van der Waals surface area contributed by atoms with Gasteiger partial charge in [-0.3, -0.25) is 4.68 Å². The number of hydrogen-bond donors (Lipinski definition) is 0. The molecule has 1 aliphatic rings. The Morgan fingerprint density at radius 1 is 1.09 bits per heavy atom. The molecule has 22 heavy (non-hydrogen) atoms. The predicted octanol–water partition coefficient (Wildman–Crippen LogP) is 5.20. The van der Waals surface area contributed by atoms with Crippen molar-refractivity contribution in [3.63, 3.8) is 0 Å². The highest BCUT2D eigenvalue weighted by molar-refractivity contribution is 5.33. The van der Waals surface area contributed by atoms with Crippen LogP contribution in [0.3, 0.4) is 0 Å². The lowest BCUT2D eigenvalue weighted by molar-refractivity contribution is -0.137. The summed E-state index contributed by atoms with van der Waals surface area (Å²) >= 11 is 0. The van der Waals surface area contributed by atoms with Gasteiger partial charge in [-0.1, -0.05) is 25.3 Å². The van der Waals surface area contributed by atoms with Gasteiger partial charge in [-0.15, -0.1) is 0 Å². The van der Waals surface area contributed by atoms with Gasteiger partial charge in [0.25, 0.3) is 0 Å². The third-order valence-corrected chi connectivity index (χ3v) is 3.92. The van der Waals surface area contributed by atoms with E-state index >= 15 is 0 Å². The highest BCUT2D eigenvalue weighted by atomic mass is 19.4. The minimum Gasteiger partial charge on any atom is -0.454 e. The molecule has 1 aromatic heterocycles. The van der Waals surface area contributed by atoms with Gasteiger partial charge in [0.15, 0.2) is 5.75 Å². The maximum Gasteiger partial charge on any atom is 0.416 e. The fourth-order valence-corrected chi connectivity index (χ4v) is 2.79. The van der Waals surface area contributed by atoms with Crippen LogP contribution in [0.15, 0.2) is 36.7 Å². The van der Waals surface area contributed by atoms with Crippen molar-refractivity contribution in [1.82, 2.24) is 9.78 Å². The van der Waals surface area contributed by atoms with Crippen molar-refractivity contribution in [2.75, 3.05) is 0 Å². The average Bonchev–Trinajstić information content (AvgIpc) is 2.96. The van der Waals surface area contributed by atoms with Crippen molar-refractivity contribution < 1.29 is 17.9 Å². The van der Waals surface area contributed by atoms with E-state index < -0.39 is 11.7 Å². The van der Waals surface area contributed by atoms with E-state index in [4.69, 9.17) is 4.74 Å². The molecule has 0 bridgehead atoms. The highest BCUT2D eigenvalue weighted by Gasteiger charge is 2.30. The van der Waals surface area contributed by atoms with Crippen LogP contribution in [0.2, 0.25) is 0 Å². The Labute approximate surface area is 126 Å². The molecular weight excluding hydrogens is 293 g/mol. The van der Waals surface area contributed by atoms with Crippen molar-refractivity contribution in [2.45, 2.75) is 44.3 Å². The molecule has 6 heteroatoms. The van der Waals surface area contributed by atoms with Gasteiger partial charge < -0.3 is 4.74 Å². The number of benzene rings is 1. The van der Waals surface area contributed by atoms with E-state index in [2.05, 4.69) is 5.10 Å². The lowest BCUT2D eigenvalue weighted by Gasteiger charge is -2.21. The van der Waals surface area contributed by atoms with Crippen LogP contribution in [0.1, 0.15) is 43.7 Å². The van der Waals surface area contributed by atoms with Crippen molar-refractivity contribution >= 4 is 0 Å². The largest absolute Gasteiger partial charge is 0.454 e. The Morgan fingerprint density at radius 3 is 2.59 bits per heavy atom. The lowest BCUT2D eigenvalue weighted by Crippen LogP contribution is -2.12. The van der Waals surface area contributed by atoms with Gasteiger partial charge in [0.2, 0.25) is 0 Å². The quantitative estimate of drug-likeness (QED) is 0.779. The second-order valence-electron chi connectivity index (χ2n) is 5.58. The van der Waals surface area contributed by atoms with E-state index in [1.807, 2.05) is 4.68 Å². The molecule has 0 aliphatic heterocycles. The first-order valence-electron chi connectivity index (χ1n) is 7.42. The minimum absolute atomic E-state index is 0.165. The molecule has 3 rings (SSSR count). The van der Waals surface area contributed by atoms with Crippen molar-refractivity contribution in [2.24, 2.45) is 0 Å². The highest BCUT2D eigenvalue weighted by Crippen LogP contribution is 2.33. The third-order valence-electron chi connectivity index (χ3n) is 3.92. The zero-order valence-electron chi connectivity index (χ0n) is 12.0. The van der Waals surface area contributed by atoms with Gasteiger partial charge in [0.05, 0.1) is 24.0 Å². The Balaban J connectivity index is 1.72. The first-order chi connectivity index (χ1) is 10.5. The van der Waals surface area contributed by atoms with E-state index in [1.54, 1.807) is 12.4 Å². The number of halogens is 3. The van der Waals surface area contributed by atoms with Gasteiger partial charge in [-0.2, -0.15) is 18.3 Å². The van der Waals surface area contributed by atoms with E-state index in [9.17, 15) is 13.2 Å². The molecule has 0 amide bonds. The van der Waals surface area contributed by atoms with Crippen LogP contribution < -0.4 is 4.74 Å². The SMILES string of the molecule is FC(F)(F)c1cccc(Oc2cnn(C3CCCCC3)c2)c1. The van der Waals surface area contributed by atoms with Crippen molar-refractivity contribution in [3.8, 4) is 11.5 Å². The summed E-state index contributed by atoms with van der Waals surface area (Å²) in [6.45, 7) is 0. The van der Waals surface area contributed by atoms with Gasteiger partial charge in [-0.25, -0.2) is 0 Å². The summed E-state index contributed by atoms with van der Waals surface area (Å²) in [5.41, 5.74) is -0.718. The molecule has 3 nitrogen and oxygen atoms in total. The Bertz CT molecular complexity index is 630. The van der Waals surface area contributed by atoms with E-state index in [-0.39, 0.29) is 5.75 Å². The molecule has 2 aromatic rings. The molecule has 1 aliphatic carbocycles. The summed E-state index contributed by atoms with van der Waals surface area (Å²) < 4.78 is 45.4. The maximum atomic E-state index is 12.7. The summed E-state index contributed by atoms with van der Waals surface area (Å²) in [6, 6.07) is 5.24. The Hall–Kier alpha value is -1.98. The summed E-state index contributed by atoms with van der Waals surface area (Å²) in [5.74, 6) is 0.628. The van der Waals surface area contributed by atoms with Gasteiger partial charge in [-0.05, 0) is 31.0 Å². The summed E-state index contributed by atoms with van der Waals surface area (Å²) in [7, 11) is 0. The predicted molar refractivity (Wildman–Crippen MR) is 75.9 cm³/mol. The third kappa shape index (κ3) is 3.43. The lowest BCUT2D eigenvalue weighted by atomic mass is 9.96. The molecule has 0 saturated heterocycles.